The minimum absolute atomic E-state index is 0.318. The summed E-state index contributed by atoms with van der Waals surface area (Å²) in [4.78, 5) is 6.49. The van der Waals surface area contributed by atoms with Gasteiger partial charge in [0, 0.05) is 31.0 Å². The Morgan fingerprint density at radius 3 is 2.67 bits per heavy atom. The first-order valence-corrected chi connectivity index (χ1v) is 8.29. The Bertz CT molecular complexity index is 798. The van der Waals surface area contributed by atoms with Gasteiger partial charge in [-0.05, 0) is 49.7 Å². The Kier molecular flexibility index (Phi) is 4.09. The Morgan fingerprint density at radius 2 is 1.88 bits per heavy atom. The molecule has 0 saturated carbocycles. The Labute approximate surface area is 141 Å². The molecule has 1 saturated heterocycles. The Morgan fingerprint density at radius 1 is 1.08 bits per heavy atom. The van der Waals surface area contributed by atoms with Crippen molar-refractivity contribution in [2.75, 3.05) is 13.1 Å². The fourth-order valence-corrected chi connectivity index (χ4v) is 3.14. The molecule has 1 aliphatic heterocycles. The second kappa shape index (κ2) is 6.53. The molecule has 3 aromatic rings. The van der Waals surface area contributed by atoms with Gasteiger partial charge in [-0.3, -0.25) is 9.88 Å². The van der Waals surface area contributed by atoms with Crippen LogP contribution >= 0.6 is 0 Å². The van der Waals surface area contributed by atoms with Gasteiger partial charge in [0.15, 0.2) is 0 Å². The van der Waals surface area contributed by atoms with E-state index in [9.17, 15) is 0 Å². The molecule has 0 aliphatic carbocycles. The first kappa shape index (κ1) is 15.0. The van der Waals surface area contributed by atoms with Gasteiger partial charge in [0.1, 0.15) is 0 Å². The maximum absolute atomic E-state index is 5.93. The summed E-state index contributed by atoms with van der Waals surface area (Å²) < 4.78 is 5.93. The first-order valence-electron chi connectivity index (χ1n) is 8.29. The van der Waals surface area contributed by atoms with Gasteiger partial charge >= 0.3 is 0 Å². The van der Waals surface area contributed by atoms with Gasteiger partial charge in [-0.2, -0.15) is 0 Å². The van der Waals surface area contributed by atoms with Gasteiger partial charge in [0.05, 0.1) is 5.92 Å². The van der Waals surface area contributed by atoms with Crippen molar-refractivity contribution in [2.24, 2.45) is 0 Å². The molecule has 1 aliphatic rings. The lowest BCUT2D eigenvalue weighted by Gasteiger charge is -2.14. The summed E-state index contributed by atoms with van der Waals surface area (Å²) in [6.45, 7) is 5.02. The van der Waals surface area contributed by atoms with E-state index in [0.717, 1.165) is 37.5 Å². The molecule has 0 amide bonds. The lowest BCUT2D eigenvalue weighted by Crippen LogP contribution is -2.19. The molecule has 4 rings (SSSR count). The average molecular weight is 320 g/mol. The second-order valence-electron chi connectivity index (χ2n) is 6.39. The highest BCUT2D eigenvalue weighted by Crippen LogP contribution is 2.29. The van der Waals surface area contributed by atoms with Crippen LogP contribution in [-0.4, -0.2) is 33.2 Å². The van der Waals surface area contributed by atoms with E-state index in [-0.39, 0.29) is 0 Å². The third-order valence-electron chi connectivity index (χ3n) is 4.52. The molecular formula is C19H20N4O. The third-order valence-corrected chi connectivity index (χ3v) is 4.52. The number of aromatic nitrogens is 3. The van der Waals surface area contributed by atoms with Crippen molar-refractivity contribution >= 4 is 0 Å². The Balaban J connectivity index is 1.43. The van der Waals surface area contributed by atoms with Crippen molar-refractivity contribution in [2.45, 2.75) is 25.8 Å². The lowest BCUT2D eigenvalue weighted by atomic mass is 10.1. The van der Waals surface area contributed by atoms with Crippen LogP contribution in [0.2, 0.25) is 0 Å². The van der Waals surface area contributed by atoms with E-state index in [0.29, 0.717) is 11.8 Å². The van der Waals surface area contributed by atoms with E-state index < -0.39 is 0 Å². The molecular weight excluding hydrogens is 300 g/mol. The maximum atomic E-state index is 5.93. The molecule has 122 valence electrons. The smallest absolute Gasteiger partial charge is 0.247 e. The number of hydrogen-bond acceptors (Lipinski definition) is 5. The Hall–Kier alpha value is -2.53. The van der Waals surface area contributed by atoms with Gasteiger partial charge in [0.25, 0.3) is 0 Å². The summed E-state index contributed by atoms with van der Waals surface area (Å²) in [6.07, 6.45) is 4.74. The molecule has 24 heavy (non-hydrogen) atoms. The number of nitrogens with zero attached hydrogens (tertiary/aromatic N) is 4. The monoisotopic (exact) mass is 320 g/mol. The predicted octanol–water partition coefficient (Wildman–Crippen LogP) is 3.43. The van der Waals surface area contributed by atoms with Crippen molar-refractivity contribution in [3.05, 3.63) is 65.8 Å². The maximum Gasteiger partial charge on any atom is 0.247 e. The minimum atomic E-state index is 0.318. The fraction of sp³-hybridized carbons (Fsp3) is 0.316. The number of benzene rings is 1. The minimum Gasteiger partial charge on any atom is -0.420 e. The molecule has 1 fully saturated rings. The first-order chi connectivity index (χ1) is 11.8. The highest BCUT2D eigenvalue weighted by molar-refractivity contribution is 5.52. The van der Waals surface area contributed by atoms with Crippen LogP contribution in [0.25, 0.3) is 11.5 Å². The molecule has 0 radical (unpaired) electrons. The largest absolute Gasteiger partial charge is 0.420 e. The molecule has 0 N–H and O–H groups in total. The van der Waals surface area contributed by atoms with Crippen LogP contribution in [0.15, 0.2) is 53.2 Å². The van der Waals surface area contributed by atoms with Gasteiger partial charge in [-0.1, -0.05) is 17.7 Å². The van der Waals surface area contributed by atoms with Crippen LogP contribution in [0.1, 0.15) is 29.4 Å². The van der Waals surface area contributed by atoms with E-state index in [1.54, 1.807) is 0 Å². The number of aryl methyl sites for hydroxylation is 1. The van der Waals surface area contributed by atoms with Gasteiger partial charge in [-0.15, -0.1) is 10.2 Å². The summed E-state index contributed by atoms with van der Waals surface area (Å²) in [5.41, 5.74) is 3.49. The van der Waals surface area contributed by atoms with E-state index in [4.69, 9.17) is 4.42 Å². The van der Waals surface area contributed by atoms with Crippen molar-refractivity contribution < 1.29 is 4.42 Å². The van der Waals surface area contributed by atoms with Crippen LogP contribution in [0.5, 0.6) is 0 Å². The number of hydrogen-bond donors (Lipinski definition) is 0. The molecule has 2 aromatic heterocycles. The molecule has 0 unspecified atom stereocenters. The summed E-state index contributed by atoms with van der Waals surface area (Å²) in [5.74, 6) is 1.68. The highest BCUT2D eigenvalue weighted by Gasteiger charge is 2.28. The summed E-state index contributed by atoms with van der Waals surface area (Å²) >= 11 is 0. The summed E-state index contributed by atoms with van der Waals surface area (Å²) in [7, 11) is 0. The van der Waals surface area contributed by atoms with E-state index in [2.05, 4.69) is 51.3 Å². The number of pyridine rings is 1. The van der Waals surface area contributed by atoms with Crippen LogP contribution in [0.3, 0.4) is 0 Å². The molecule has 3 heterocycles. The van der Waals surface area contributed by atoms with Crippen LogP contribution in [0.4, 0.5) is 0 Å². The topological polar surface area (TPSA) is 55.1 Å². The van der Waals surface area contributed by atoms with Crippen molar-refractivity contribution in [3.8, 4) is 11.5 Å². The molecule has 5 nitrogen and oxygen atoms in total. The fourth-order valence-electron chi connectivity index (χ4n) is 3.14. The van der Waals surface area contributed by atoms with Crippen molar-refractivity contribution in [3.63, 3.8) is 0 Å². The van der Waals surface area contributed by atoms with Crippen LogP contribution < -0.4 is 0 Å². The SMILES string of the molecule is Cc1ccc(-c2nnc([C@H]3CCN(Cc4ccncc4)C3)o2)cc1. The van der Waals surface area contributed by atoms with Gasteiger partial charge in [0.2, 0.25) is 11.8 Å². The molecule has 5 heteroatoms. The van der Waals surface area contributed by atoms with Crippen LogP contribution in [0, 0.1) is 6.92 Å². The molecule has 1 aromatic carbocycles. The second-order valence-corrected chi connectivity index (χ2v) is 6.39. The normalized spacial score (nSPS) is 18.1. The quantitative estimate of drug-likeness (QED) is 0.737. The van der Waals surface area contributed by atoms with Gasteiger partial charge < -0.3 is 4.42 Å². The van der Waals surface area contributed by atoms with Crippen molar-refractivity contribution in [1.29, 1.82) is 0 Å². The zero-order chi connectivity index (χ0) is 16.4. The average Bonchev–Trinajstić information content (AvgIpc) is 3.26. The molecule has 1 atom stereocenters. The van der Waals surface area contributed by atoms with E-state index >= 15 is 0 Å². The summed E-state index contributed by atoms with van der Waals surface area (Å²) in [6, 6.07) is 12.3. The third kappa shape index (κ3) is 3.21. The zero-order valence-electron chi connectivity index (χ0n) is 13.7. The highest BCUT2D eigenvalue weighted by atomic mass is 16.4. The standard InChI is InChI=1S/C19H20N4O/c1-14-2-4-16(5-3-14)18-21-22-19(24-18)17-8-11-23(13-17)12-15-6-9-20-10-7-15/h2-7,9-10,17H,8,11-13H2,1H3/t17-/m0/s1. The lowest BCUT2D eigenvalue weighted by molar-refractivity contribution is 0.320. The summed E-state index contributed by atoms with van der Waals surface area (Å²) in [5, 5.41) is 8.51. The van der Waals surface area contributed by atoms with E-state index in [1.165, 1.54) is 11.1 Å². The molecule has 0 bridgehead atoms. The van der Waals surface area contributed by atoms with Crippen LogP contribution in [-0.2, 0) is 6.54 Å². The molecule has 0 spiro atoms. The van der Waals surface area contributed by atoms with Crippen molar-refractivity contribution in [1.82, 2.24) is 20.1 Å². The zero-order valence-corrected chi connectivity index (χ0v) is 13.7. The number of rotatable bonds is 4. The predicted molar refractivity (Wildman–Crippen MR) is 91.3 cm³/mol. The van der Waals surface area contributed by atoms with E-state index in [1.807, 2.05) is 24.5 Å². The van der Waals surface area contributed by atoms with Gasteiger partial charge in [-0.25, -0.2) is 0 Å². The number of likely N-dealkylation sites (tertiary alicyclic amines) is 1.